The summed E-state index contributed by atoms with van der Waals surface area (Å²) in [4.78, 5) is 19.7. The molecule has 4 aromatic rings. The van der Waals surface area contributed by atoms with Crippen molar-refractivity contribution in [3.63, 3.8) is 0 Å². The summed E-state index contributed by atoms with van der Waals surface area (Å²) in [7, 11) is 0. The molecule has 35 heavy (non-hydrogen) atoms. The largest absolute Gasteiger partial charge is 0.461 e. The molecule has 0 aliphatic carbocycles. The molecule has 0 amide bonds. The number of benzene rings is 2. The molecule has 0 saturated carbocycles. The average Bonchev–Trinajstić information content (AvgIpc) is 3.52. The van der Waals surface area contributed by atoms with Gasteiger partial charge in [0.05, 0.1) is 24.2 Å². The lowest BCUT2D eigenvalue weighted by Gasteiger charge is -2.28. The molecule has 0 fully saturated rings. The molecule has 9 heteroatoms. The van der Waals surface area contributed by atoms with E-state index in [1.165, 1.54) is 6.33 Å². The number of aliphatic hydroxyl groups is 1. The van der Waals surface area contributed by atoms with Gasteiger partial charge in [-0.15, -0.1) is 10.2 Å². The Balaban J connectivity index is 1.88. The highest BCUT2D eigenvalue weighted by Gasteiger charge is 2.28. The maximum absolute atomic E-state index is 12.4. The number of ether oxygens (including phenoxy) is 1. The smallest absolute Gasteiger partial charge is 0.358 e. The van der Waals surface area contributed by atoms with Gasteiger partial charge in [0.2, 0.25) is 5.82 Å². The number of aromatic nitrogens is 6. The predicted molar refractivity (Wildman–Crippen MR) is 132 cm³/mol. The first kappa shape index (κ1) is 24.3. The molecule has 182 valence electrons. The van der Waals surface area contributed by atoms with Crippen LogP contribution >= 0.6 is 0 Å². The third kappa shape index (κ3) is 5.00. The van der Waals surface area contributed by atoms with Gasteiger partial charge < -0.3 is 14.8 Å². The predicted octanol–water partition coefficient (Wildman–Crippen LogP) is 4.20. The molecule has 0 aliphatic heterocycles. The van der Waals surface area contributed by atoms with Gasteiger partial charge in [-0.2, -0.15) is 5.21 Å². The summed E-state index contributed by atoms with van der Waals surface area (Å²) in [6, 6.07) is 11.9. The Hall–Kier alpha value is -3.85. The molecule has 0 unspecified atom stereocenters. The van der Waals surface area contributed by atoms with E-state index in [1.54, 1.807) is 20.8 Å². The Bertz CT molecular complexity index is 1310. The molecule has 3 N–H and O–H groups in total. The number of esters is 1. The molecule has 2 heterocycles. The van der Waals surface area contributed by atoms with Crippen LogP contribution in [-0.2, 0) is 23.2 Å². The molecule has 0 atom stereocenters. The Labute approximate surface area is 204 Å². The lowest BCUT2D eigenvalue weighted by molar-refractivity contribution is 0.0518. The first-order valence-corrected chi connectivity index (χ1v) is 11.7. The van der Waals surface area contributed by atoms with E-state index < -0.39 is 11.6 Å². The fraction of sp³-hybridized carbons (Fsp3) is 0.346. The number of carbonyl (C=O) groups is 1. The molecule has 2 aromatic carbocycles. The van der Waals surface area contributed by atoms with E-state index in [-0.39, 0.29) is 12.3 Å². The third-order valence-electron chi connectivity index (χ3n) is 5.88. The Kier molecular flexibility index (Phi) is 7.07. The first-order chi connectivity index (χ1) is 16.8. The van der Waals surface area contributed by atoms with Crippen LogP contribution in [0.2, 0.25) is 0 Å². The first-order valence-electron chi connectivity index (χ1n) is 11.7. The highest BCUT2D eigenvalue weighted by molar-refractivity contribution is 5.88. The zero-order valence-corrected chi connectivity index (χ0v) is 20.4. The van der Waals surface area contributed by atoms with Crippen molar-refractivity contribution < 1.29 is 14.6 Å². The average molecular weight is 475 g/mol. The van der Waals surface area contributed by atoms with Crippen LogP contribution in [0.1, 0.15) is 67.0 Å². The highest BCUT2D eigenvalue weighted by Crippen LogP contribution is 2.40. The lowest BCUT2D eigenvalue weighted by atomic mass is 9.80. The number of carbonyl (C=O) groups excluding carboxylic acids is 1. The van der Waals surface area contributed by atoms with E-state index in [0.29, 0.717) is 17.9 Å². The highest BCUT2D eigenvalue weighted by atomic mass is 16.5. The van der Waals surface area contributed by atoms with Gasteiger partial charge in [0, 0.05) is 12.0 Å². The van der Waals surface area contributed by atoms with Gasteiger partial charge in [0.25, 0.3) is 0 Å². The Morgan fingerprint density at radius 1 is 1.09 bits per heavy atom. The number of rotatable bonds is 9. The number of hydrogen-bond acceptors (Lipinski definition) is 7. The van der Waals surface area contributed by atoms with Crippen LogP contribution in [0.3, 0.4) is 0 Å². The number of imidazole rings is 1. The maximum Gasteiger partial charge on any atom is 0.358 e. The standard InChI is InChI=1S/C26H30N6O3/c1-5-9-17-16(14-21-23(28-15-27-21)25(33)35-6-2)12-13-19(22(17)26(3,4)34)18-10-7-8-11-20(18)24-29-31-32-30-24/h7-8,10-13,15,34H,5-6,9,14H2,1-4H3,(H,27,28)(H,29,30,31,32). The van der Waals surface area contributed by atoms with E-state index in [4.69, 9.17) is 4.74 Å². The van der Waals surface area contributed by atoms with Crippen molar-refractivity contribution in [2.24, 2.45) is 0 Å². The van der Waals surface area contributed by atoms with E-state index in [2.05, 4.69) is 43.6 Å². The second-order valence-electron chi connectivity index (χ2n) is 8.84. The topological polar surface area (TPSA) is 130 Å². The number of H-pyrrole nitrogens is 2. The number of nitrogens with one attached hydrogen (secondary N) is 2. The molecule has 0 aliphatic rings. The van der Waals surface area contributed by atoms with Gasteiger partial charge in [-0.1, -0.05) is 49.7 Å². The van der Waals surface area contributed by atoms with Crippen LogP contribution in [0.25, 0.3) is 22.5 Å². The fourth-order valence-corrected chi connectivity index (χ4v) is 4.53. The van der Waals surface area contributed by atoms with E-state index in [0.717, 1.165) is 46.2 Å². The zero-order valence-electron chi connectivity index (χ0n) is 20.4. The molecule has 2 aromatic heterocycles. The summed E-state index contributed by atoms with van der Waals surface area (Å²) < 4.78 is 5.16. The minimum Gasteiger partial charge on any atom is -0.461 e. The SMILES string of the molecule is CCCc1c(Cc2[nH]cnc2C(=O)OCC)ccc(-c2ccccc2-c2nn[nH]n2)c1C(C)(C)O. The molecule has 0 radical (unpaired) electrons. The van der Waals surface area contributed by atoms with Crippen molar-refractivity contribution in [3.8, 4) is 22.5 Å². The molecule has 4 rings (SSSR count). The van der Waals surface area contributed by atoms with E-state index in [9.17, 15) is 9.90 Å². The summed E-state index contributed by atoms with van der Waals surface area (Å²) in [5, 5.41) is 25.9. The summed E-state index contributed by atoms with van der Waals surface area (Å²) in [6.45, 7) is 7.75. The fourth-order valence-electron chi connectivity index (χ4n) is 4.53. The van der Waals surface area contributed by atoms with Gasteiger partial charge in [0.1, 0.15) is 0 Å². The molecule has 0 bridgehead atoms. The second-order valence-corrected chi connectivity index (χ2v) is 8.84. The number of nitrogens with zero attached hydrogens (tertiary/aromatic N) is 4. The quantitative estimate of drug-likeness (QED) is 0.310. The summed E-state index contributed by atoms with van der Waals surface area (Å²) >= 11 is 0. The molecular weight excluding hydrogens is 444 g/mol. The summed E-state index contributed by atoms with van der Waals surface area (Å²) in [5.41, 5.74) is 5.37. The van der Waals surface area contributed by atoms with Gasteiger partial charge >= 0.3 is 5.97 Å². The lowest BCUT2D eigenvalue weighted by Crippen LogP contribution is -2.21. The zero-order chi connectivity index (χ0) is 25.0. The Morgan fingerprint density at radius 3 is 2.51 bits per heavy atom. The minimum absolute atomic E-state index is 0.281. The third-order valence-corrected chi connectivity index (χ3v) is 5.88. The summed E-state index contributed by atoms with van der Waals surface area (Å²) in [6.07, 6.45) is 3.61. The maximum atomic E-state index is 12.4. The van der Waals surface area contributed by atoms with E-state index >= 15 is 0 Å². The van der Waals surface area contributed by atoms with Gasteiger partial charge in [-0.05, 0) is 60.2 Å². The van der Waals surface area contributed by atoms with Crippen molar-refractivity contribution in [3.05, 3.63) is 70.8 Å². The van der Waals surface area contributed by atoms with Crippen LogP contribution in [0, 0.1) is 0 Å². The van der Waals surface area contributed by atoms with Crippen molar-refractivity contribution in [2.75, 3.05) is 6.61 Å². The van der Waals surface area contributed by atoms with Crippen molar-refractivity contribution in [2.45, 2.75) is 52.6 Å². The van der Waals surface area contributed by atoms with Crippen molar-refractivity contribution in [1.29, 1.82) is 0 Å². The molecule has 0 saturated heterocycles. The van der Waals surface area contributed by atoms with Gasteiger partial charge in [-0.3, -0.25) is 0 Å². The van der Waals surface area contributed by atoms with Crippen LogP contribution in [0.4, 0.5) is 0 Å². The number of tetrazole rings is 1. The molecule has 9 nitrogen and oxygen atoms in total. The second kappa shape index (κ2) is 10.2. The van der Waals surface area contributed by atoms with E-state index in [1.807, 2.05) is 30.3 Å². The van der Waals surface area contributed by atoms with Crippen LogP contribution in [0.15, 0.2) is 42.7 Å². The Morgan fingerprint density at radius 2 is 1.86 bits per heavy atom. The van der Waals surface area contributed by atoms with Gasteiger partial charge in [-0.25, -0.2) is 9.78 Å². The van der Waals surface area contributed by atoms with Crippen molar-refractivity contribution in [1.82, 2.24) is 30.6 Å². The normalized spacial score (nSPS) is 11.6. The molecule has 0 spiro atoms. The van der Waals surface area contributed by atoms with Crippen LogP contribution in [-0.4, -0.2) is 48.3 Å². The minimum atomic E-state index is -1.13. The monoisotopic (exact) mass is 474 g/mol. The van der Waals surface area contributed by atoms with Crippen LogP contribution < -0.4 is 0 Å². The number of hydrogen-bond donors (Lipinski definition) is 3. The van der Waals surface area contributed by atoms with Crippen molar-refractivity contribution >= 4 is 5.97 Å². The summed E-state index contributed by atoms with van der Waals surface area (Å²) in [5.74, 6) is 0.0362. The van der Waals surface area contributed by atoms with Crippen LogP contribution in [0.5, 0.6) is 0 Å². The molecular formula is C26H30N6O3. The number of aromatic amines is 2. The van der Waals surface area contributed by atoms with Gasteiger partial charge in [0.15, 0.2) is 5.69 Å².